The lowest BCUT2D eigenvalue weighted by Gasteiger charge is -2.27. The Labute approximate surface area is 114 Å². The standard InChI is InChI=1S/C16H21N3/c1-2-19(15-8-10-17-11-15)12-14-6-3-5-13-7-4-9-18-16(13)14/h3-7,9,15,17H,2,8,10-12H2,1H3. The SMILES string of the molecule is CCN(Cc1cccc2cccnc12)C1CCNC1. The number of hydrogen-bond acceptors (Lipinski definition) is 3. The van der Waals surface area contributed by atoms with Crippen molar-refractivity contribution in [2.75, 3.05) is 19.6 Å². The van der Waals surface area contributed by atoms with Gasteiger partial charge in [0.25, 0.3) is 0 Å². The van der Waals surface area contributed by atoms with Crippen molar-refractivity contribution in [1.29, 1.82) is 0 Å². The van der Waals surface area contributed by atoms with E-state index in [2.05, 4.69) is 46.4 Å². The summed E-state index contributed by atoms with van der Waals surface area (Å²) >= 11 is 0. The van der Waals surface area contributed by atoms with Crippen molar-refractivity contribution in [1.82, 2.24) is 15.2 Å². The summed E-state index contributed by atoms with van der Waals surface area (Å²) in [4.78, 5) is 7.11. The van der Waals surface area contributed by atoms with E-state index in [-0.39, 0.29) is 0 Å². The average Bonchev–Trinajstić information content (AvgIpc) is 2.99. The Morgan fingerprint density at radius 2 is 2.21 bits per heavy atom. The highest BCUT2D eigenvalue weighted by Gasteiger charge is 2.21. The van der Waals surface area contributed by atoms with Gasteiger partial charge >= 0.3 is 0 Å². The van der Waals surface area contributed by atoms with Gasteiger partial charge in [-0.3, -0.25) is 9.88 Å². The molecule has 1 atom stereocenters. The summed E-state index contributed by atoms with van der Waals surface area (Å²) < 4.78 is 0. The van der Waals surface area contributed by atoms with Gasteiger partial charge in [0, 0.05) is 30.7 Å². The van der Waals surface area contributed by atoms with E-state index in [1.165, 1.54) is 17.4 Å². The number of pyridine rings is 1. The Morgan fingerprint density at radius 3 is 3.00 bits per heavy atom. The Hall–Kier alpha value is -1.45. The quantitative estimate of drug-likeness (QED) is 0.909. The van der Waals surface area contributed by atoms with Crippen LogP contribution in [0.15, 0.2) is 36.5 Å². The number of rotatable bonds is 4. The molecule has 1 N–H and O–H groups in total. The molecule has 1 aliphatic rings. The summed E-state index contributed by atoms with van der Waals surface area (Å²) in [5.74, 6) is 0. The van der Waals surface area contributed by atoms with Gasteiger partial charge in [-0.25, -0.2) is 0 Å². The molecule has 0 radical (unpaired) electrons. The zero-order chi connectivity index (χ0) is 13.1. The van der Waals surface area contributed by atoms with Crippen LogP contribution < -0.4 is 5.32 Å². The minimum Gasteiger partial charge on any atom is -0.315 e. The second-order valence-electron chi connectivity index (χ2n) is 5.20. The van der Waals surface area contributed by atoms with Crippen LogP contribution in [0.2, 0.25) is 0 Å². The van der Waals surface area contributed by atoms with Gasteiger partial charge in [-0.1, -0.05) is 31.2 Å². The zero-order valence-corrected chi connectivity index (χ0v) is 11.5. The van der Waals surface area contributed by atoms with E-state index in [4.69, 9.17) is 0 Å². The molecule has 0 amide bonds. The molecule has 0 bridgehead atoms. The van der Waals surface area contributed by atoms with E-state index >= 15 is 0 Å². The summed E-state index contributed by atoms with van der Waals surface area (Å²) in [5.41, 5.74) is 2.49. The predicted molar refractivity (Wildman–Crippen MR) is 79.1 cm³/mol. The molecule has 3 nitrogen and oxygen atoms in total. The lowest BCUT2D eigenvalue weighted by molar-refractivity contribution is 0.211. The molecule has 1 unspecified atom stereocenters. The topological polar surface area (TPSA) is 28.2 Å². The first kappa shape index (κ1) is 12.6. The van der Waals surface area contributed by atoms with Crippen molar-refractivity contribution < 1.29 is 0 Å². The van der Waals surface area contributed by atoms with Crippen LogP contribution >= 0.6 is 0 Å². The second kappa shape index (κ2) is 5.68. The normalized spacial score (nSPS) is 19.4. The van der Waals surface area contributed by atoms with Crippen LogP contribution in [0.3, 0.4) is 0 Å². The van der Waals surface area contributed by atoms with Crippen molar-refractivity contribution in [3.8, 4) is 0 Å². The zero-order valence-electron chi connectivity index (χ0n) is 11.5. The monoisotopic (exact) mass is 255 g/mol. The predicted octanol–water partition coefficient (Wildman–Crippen LogP) is 2.42. The molecule has 1 aromatic carbocycles. The number of hydrogen-bond donors (Lipinski definition) is 1. The van der Waals surface area contributed by atoms with E-state index in [0.29, 0.717) is 6.04 Å². The first-order chi connectivity index (χ1) is 9.38. The Morgan fingerprint density at radius 1 is 1.32 bits per heavy atom. The third-order valence-corrected chi connectivity index (χ3v) is 4.05. The number of likely N-dealkylation sites (N-methyl/N-ethyl adjacent to an activating group) is 1. The number of benzene rings is 1. The van der Waals surface area contributed by atoms with Gasteiger partial charge in [-0.15, -0.1) is 0 Å². The summed E-state index contributed by atoms with van der Waals surface area (Å²) in [6.07, 6.45) is 3.14. The number of aromatic nitrogens is 1. The molecule has 0 spiro atoms. The molecular formula is C16H21N3. The van der Waals surface area contributed by atoms with Crippen LogP contribution in [0.5, 0.6) is 0 Å². The first-order valence-corrected chi connectivity index (χ1v) is 7.16. The maximum atomic E-state index is 4.55. The van der Waals surface area contributed by atoms with Crippen molar-refractivity contribution in [3.63, 3.8) is 0 Å². The van der Waals surface area contributed by atoms with Crippen molar-refractivity contribution >= 4 is 10.9 Å². The maximum Gasteiger partial charge on any atom is 0.0746 e. The van der Waals surface area contributed by atoms with Crippen molar-refractivity contribution in [2.24, 2.45) is 0 Å². The minimum absolute atomic E-state index is 0.670. The van der Waals surface area contributed by atoms with E-state index < -0.39 is 0 Å². The van der Waals surface area contributed by atoms with E-state index in [1.807, 2.05) is 12.3 Å². The fraction of sp³-hybridized carbons (Fsp3) is 0.438. The Bertz CT molecular complexity index is 541. The van der Waals surface area contributed by atoms with Crippen LogP contribution in [0.25, 0.3) is 10.9 Å². The average molecular weight is 255 g/mol. The lowest BCUT2D eigenvalue weighted by Crippen LogP contribution is -2.36. The molecule has 1 saturated heterocycles. The first-order valence-electron chi connectivity index (χ1n) is 7.16. The third-order valence-electron chi connectivity index (χ3n) is 4.05. The minimum atomic E-state index is 0.670. The van der Waals surface area contributed by atoms with Gasteiger partial charge in [0.05, 0.1) is 5.52 Å². The van der Waals surface area contributed by atoms with Crippen molar-refractivity contribution in [3.05, 3.63) is 42.1 Å². The fourth-order valence-corrected chi connectivity index (χ4v) is 2.96. The number of fused-ring (bicyclic) bond motifs is 1. The van der Waals surface area contributed by atoms with E-state index in [0.717, 1.165) is 31.7 Å². The second-order valence-corrected chi connectivity index (χ2v) is 5.20. The molecule has 19 heavy (non-hydrogen) atoms. The highest BCUT2D eigenvalue weighted by molar-refractivity contribution is 5.81. The van der Waals surface area contributed by atoms with Gasteiger partial charge in [0.2, 0.25) is 0 Å². The summed E-state index contributed by atoms with van der Waals surface area (Å²) in [6, 6.07) is 11.3. The fourth-order valence-electron chi connectivity index (χ4n) is 2.96. The maximum absolute atomic E-state index is 4.55. The summed E-state index contributed by atoms with van der Waals surface area (Å²) in [7, 11) is 0. The third kappa shape index (κ3) is 2.62. The van der Waals surface area contributed by atoms with Gasteiger partial charge in [-0.2, -0.15) is 0 Å². The molecule has 1 aromatic heterocycles. The number of nitrogens with one attached hydrogen (secondary N) is 1. The van der Waals surface area contributed by atoms with Gasteiger partial charge in [0.1, 0.15) is 0 Å². The van der Waals surface area contributed by atoms with E-state index in [9.17, 15) is 0 Å². The van der Waals surface area contributed by atoms with Gasteiger partial charge in [-0.05, 0) is 31.1 Å². The Kier molecular flexibility index (Phi) is 3.76. The molecular weight excluding hydrogens is 234 g/mol. The molecule has 2 aromatic rings. The molecule has 1 aliphatic heterocycles. The van der Waals surface area contributed by atoms with Crippen molar-refractivity contribution in [2.45, 2.75) is 25.9 Å². The van der Waals surface area contributed by atoms with Crippen LogP contribution in [0, 0.1) is 0 Å². The van der Waals surface area contributed by atoms with Gasteiger partial charge < -0.3 is 5.32 Å². The van der Waals surface area contributed by atoms with Crippen LogP contribution in [-0.4, -0.2) is 35.6 Å². The largest absolute Gasteiger partial charge is 0.315 e. The molecule has 0 saturated carbocycles. The smallest absolute Gasteiger partial charge is 0.0746 e. The number of para-hydroxylation sites is 1. The molecule has 3 rings (SSSR count). The molecule has 100 valence electrons. The molecule has 2 heterocycles. The lowest BCUT2D eigenvalue weighted by atomic mass is 10.1. The highest BCUT2D eigenvalue weighted by atomic mass is 15.2. The molecule has 1 fully saturated rings. The molecule has 0 aliphatic carbocycles. The molecule has 3 heteroatoms. The highest BCUT2D eigenvalue weighted by Crippen LogP contribution is 2.19. The number of nitrogens with zero attached hydrogens (tertiary/aromatic N) is 2. The van der Waals surface area contributed by atoms with Crippen LogP contribution in [0.4, 0.5) is 0 Å². The van der Waals surface area contributed by atoms with Gasteiger partial charge in [0.15, 0.2) is 0 Å². The summed E-state index contributed by atoms with van der Waals surface area (Å²) in [5, 5.41) is 4.69. The Balaban J connectivity index is 1.87. The van der Waals surface area contributed by atoms with E-state index in [1.54, 1.807) is 0 Å². The summed E-state index contributed by atoms with van der Waals surface area (Å²) in [6.45, 7) is 6.60. The van der Waals surface area contributed by atoms with Crippen LogP contribution in [0.1, 0.15) is 18.9 Å². The van der Waals surface area contributed by atoms with Crippen LogP contribution in [-0.2, 0) is 6.54 Å².